The molecule has 1 aliphatic rings. The number of hydrogen-bond acceptors (Lipinski definition) is 5. The van der Waals surface area contributed by atoms with Crippen molar-refractivity contribution in [1.82, 2.24) is 15.0 Å². The Kier molecular flexibility index (Phi) is 4.33. The van der Waals surface area contributed by atoms with E-state index in [-0.39, 0.29) is 0 Å². The van der Waals surface area contributed by atoms with Crippen LogP contribution in [0.5, 0.6) is 5.75 Å². The van der Waals surface area contributed by atoms with Crippen molar-refractivity contribution in [1.29, 1.82) is 0 Å². The van der Waals surface area contributed by atoms with Crippen molar-refractivity contribution >= 4 is 11.6 Å². The lowest BCUT2D eigenvalue weighted by molar-refractivity contribution is -0.0960. The summed E-state index contributed by atoms with van der Waals surface area (Å²) < 4.78 is 12.1. The third-order valence-electron chi connectivity index (χ3n) is 3.75. The molecule has 7 heteroatoms. The molecular formula is C15H18ClN3O3. The van der Waals surface area contributed by atoms with Gasteiger partial charge < -0.3 is 14.6 Å². The van der Waals surface area contributed by atoms with Crippen LogP contribution >= 0.6 is 11.6 Å². The van der Waals surface area contributed by atoms with Gasteiger partial charge in [0.15, 0.2) is 0 Å². The summed E-state index contributed by atoms with van der Waals surface area (Å²) >= 11 is 6.24. The first-order valence-corrected chi connectivity index (χ1v) is 7.52. The number of benzene rings is 1. The maximum Gasteiger partial charge on any atom is 0.120 e. The first kappa shape index (κ1) is 15.3. The number of ether oxygens (including phenoxy) is 2. The summed E-state index contributed by atoms with van der Waals surface area (Å²) in [6, 6.07) is 5.40. The van der Waals surface area contributed by atoms with Crippen LogP contribution in [-0.2, 0) is 11.3 Å². The third-order valence-corrected chi connectivity index (χ3v) is 4.06. The van der Waals surface area contributed by atoms with Crippen molar-refractivity contribution in [3.05, 3.63) is 29.4 Å². The molecule has 0 bridgehead atoms. The molecule has 1 unspecified atom stereocenters. The van der Waals surface area contributed by atoms with Crippen LogP contribution in [0.4, 0.5) is 0 Å². The van der Waals surface area contributed by atoms with Gasteiger partial charge in [-0.25, -0.2) is 4.68 Å². The number of aliphatic hydroxyl groups is 1. The minimum atomic E-state index is -0.882. The maximum atomic E-state index is 10.5. The number of aromatic nitrogens is 3. The highest BCUT2D eigenvalue weighted by atomic mass is 35.5. The molecule has 1 N–H and O–H groups in total. The number of rotatable bonds is 4. The molecule has 0 amide bonds. The molecule has 0 saturated carbocycles. The van der Waals surface area contributed by atoms with Gasteiger partial charge in [-0.2, -0.15) is 0 Å². The minimum absolute atomic E-state index is 0.325. The zero-order valence-corrected chi connectivity index (χ0v) is 13.1. The number of halogens is 1. The van der Waals surface area contributed by atoms with E-state index >= 15 is 0 Å². The van der Waals surface area contributed by atoms with Gasteiger partial charge in [-0.05, 0) is 31.0 Å². The molecule has 1 aliphatic heterocycles. The molecule has 1 aromatic carbocycles. The Balaban J connectivity index is 1.79. The fraction of sp³-hybridized carbons (Fsp3) is 0.467. The lowest BCUT2D eigenvalue weighted by Crippen LogP contribution is -2.42. The quantitative estimate of drug-likeness (QED) is 0.933. The molecule has 6 nitrogen and oxygen atoms in total. The van der Waals surface area contributed by atoms with E-state index < -0.39 is 5.60 Å². The van der Waals surface area contributed by atoms with E-state index in [1.807, 2.05) is 12.1 Å². The van der Waals surface area contributed by atoms with E-state index in [0.29, 0.717) is 42.6 Å². The SMILES string of the molecule is COc1ccc(-c2cn(CC3(O)CCCOC3)nn2)c(Cl)c1. The van der Waals surface area contributed by atoms with E-state index in [1.54, 1.807) is 24.1 Å². The van der Waals surface area contributed by atoms with Crippen LogP contribution in [0.15, 0.2) is 24.4 Å². The average Bonchev–Trinajstić information content (AvgIpc) is 2.95. The smallest absolute Gasteiger partial charge is 0.120 e. The fourth-order valence-electron chi connectivity index (χ4n) is 2.59. The van der Waals surface area contributed by atoms with Crippen LogP contribution in [0, 0.1) is 0 Å². The normalized spacial score (nSPS) is 21.8. The average molecular weight is 324 g/mol. The zero-order valence-electron chi connectivity index (χ0n) is 12.3. The van der Waals surface area contributed by atoms with Gasteiger partial charge in [0, 0.05) is 12.2 Å². The highest BCUT2D eigenvalue weighted by molar-refractivity contribution is 6.33. The molecule has 1 saturated heterocycles. The van der Waals surface area contributed by atoms with E-state index in [9.17, 15) is 5.11 Å². The van der Waals surface area contributed by atoms with Crippen LogP contribution in [0.1, 0.15) is 12.8 Å². The summed E-state index contributed by atoms with van der Waals surface area (Å²) in [6.45, 7) is 1.38. The fourth-order valence-corrected chi connectivity index (χ4v) is 2.86. The number of methoxy groups -OCH3 is 1. The minimum Gasteiger partial charge on any atom is -0.497 e. The highest BCUT2D eigenvalue weighted by Gasteiger charge is 2.31. The summed E-state index contributed by atoms with van der Waals surface area (Å²) in [4.78, 5) is 0. The molecule has 2 aromatic rings. The van der Waals surface area contributed by atoms with Crippen LogP contribution in [-0.4, -0.2) is 46.0 Å². The Morgan fingerprint density at radius 1 is 1.50 bits per heavy atom. The Labute approximate surface area is 133 Å². The second-order valence-electron chi connectivity index (χ2n) is 5.53. The van der Waals surface area contributed by atoms with E-state index in [4.69, 9.17) is 21.1 Å². The van der Waals surface area contributed by atoms with Crippen molar-refractivity contribution in [3.63, 3.8) is 0 Å². The van der Waals surface area contributed by atoms with Crippen LogP contribution in [0.2, 0.25) is 5.02 Å². The Hall–Kier alpha value is -1.63. The Morgan fingerprint density at radius 2 is 2.36 bits per heavy atom. The van der Waals surface area contributed by atoms with Crippen LogP contribution < -0.4 is 4.74 Å². The van der Waals surface area contributed by atoms with Gasteiger partial charge in [-0.3, -0.25) is 0 Å². The highest BCUT2D eigenvalue weighted by Crippen LogP contribution is 2.30. The van der Waals surface area contributed by atoms with Gasteiger partial charge in [0.2, 0.25) is 0 Å². The summed E-state index contributed by atoms with van der Waals surface area (Å²) in [5, 5.41) is 19.2. The molecular weight excluding hydrogens is 306 g/mol. The first-order valence-electron chi connectivity index (χ1n) is 7.14. The van der Waals surface area contributed by atoms with Gasteiger partial charge in [0.25, 0.3) is 0 Å². The van der Waals surface area contributed by atoms with Gasteiger partial charge in [0.05, 0.1) is 31.5 Å². The Bertz CT molecular complexity index is 653. The zero-order chi connectivity index (χ0) is 15.6. The second-order valence-corrected chi connectivity index (χ2v) is 5.93. The predicted molar refractivity (Wildman–Crippen MR) is 82.0 cm³/mol. The van der Waals surface area contributed by atoms with Crippen molar-refractivity contribution in [3.8, 4) is 17.0 Å². The van der Waals surface area contributed by atoms with E-state index in [2.05, 4.69) is 10.3 Å². The maximum absolute atomic E-state index is 10.5. The monoisotopic (exact) mass is 323 g/mol. The number of hydrogen-bond donors (Lipinski definition) is 1. The molecule has 0 aliphatic carbocycles. The molecule has 118 valence electrons. The van der Waals surface area contributed by atoms with E-state index in [0.717, 1.165) is 12.0 Å². The van der Waals surface area contributed by atoms with E-state index in [1.165, 1.54) is 0 Å². The predicted octanol–water partition coefficient (Wildman–Crippen LogP) is 2.15. The van der Waals surface area contributed by atoms with Crippen molar-refractivity contribution in [2.75, 3.05) is 20.3 Å². The summed E-state index contributed by atoms with van der Waals surface area (Å²) in [7, 11) is 1.59. The summed E-state index contributed by atoms with van der Waals surface area (Å²) in [6.07, 6.45) is 3.33. The Morgan fingerprint density at radius 3 is 3.05 bits per heavy atom. The van der Waals surface area contributed by atoms with Crippen LogP contribution in [0.3, 0.4) is 0 Å². The molecule has 22 heavy (non-hydrogen) atoms. The summed E-state index contributed by atoms with van der Waals surface area (Å²) in [5.41, 5.74) is 0.556. The van der Waals surface area contributed by atoms with Crippen molar-refractivity contribution < 1.29 is 14.6 Å². The molecule has 3 rings (SSSR count). The molecule has 1 atom stereocenters. The van der Waals surface area contributed by atoms with Crippen molar-refractivity contribution in [2.45, 2.75) is 25.0 Å². The van der Waals surface area contributed by atoms with Gasteiger partial charge >= 0.3 is 0 Å². The lowest BCUT2D eigenvalue weighted by Gasteiger charge is -2.31. The lowest BCUT2D eigenvalue weighted by atomic mass is 9.97. The van der Waals surface area contributed by atoms with Crippen LogP contribution in [0.25, 0.3) is 11.3 Å². The largest absolute Gasteiger partial charge is 0.497 e. The van der Waals surface area contributed by atoms with Gasteiger partial charge in [-0.15, -0.1) is 5.10 Å². The standard InChI is InChI=1S/C15H18ClN3O3/c1-21-11-3-4-12(13(16)7-11)14-8-19(18-17-14)9-15(20)5-2-6-22-10-15/h3-4,7-8,20H,2,5-6,9-10H2,1H3. The van der Waals surface area contributed by atoms with Crippen molar-refractivity contribution in [2.24, 2.45) is 0 Å². The molecule has 1 aromatic heterocycles. The van der Waals surface area contributed by atoms with Gasteiger partial charge in [-0.1, -0.05) is 16.8 Å². The molecule has 2 heterocycles. The molecule has 0 spiro atoms. The van der Waals surface area contributed by atoms with Gasteiger partial charge in [0.1, 0.15) is 17.0 Å². The molecule has 0 radical (unpaired) electrons. The topological polar surface area (TPSA) is 69.4 Å². The summed E-state index contributed by atoms with van der Waals surface area (Å²) in [5.74, 6) is 0.690. The number of nitrogens with zero attached hydrogens (tertiary/aromatic N) is 3. The third kappa shape index (κ3) is 3.24. The first-order chi connectivity index (χ1) is 10.6. The molecule has 1 fully saturated rings. The second kappa shape index (κ2) is 6.24.